The Hall–Kier alpha value is -1.82. The molecule has 0 radical (unpaired) electrons. The minimum atomic E-state index is -0.368. The number of halogens is 1. The quantitative estimate of drug-likeness (QED) is 0.807. The molecule has 0 heterocycles. The molecule has 0 fully saturated rings. The van der Waals surface area contributed by atoms with Crippen LogP contribution < -0.4 is 5.32 Å². The molecule has 1 aliphatic carbocycles. The Labute approximate surface area is 101 Å². The third-order valence-electron chi connectivity index (χ3n) is 3.06. The van der Waals surface area contributed by atoms with Gasteiger partial charge in [0.05, 0.1) is 11.3 Å². The van der Waals surface area contributed by atoms with Crippen molar-refractivity contribution in [3.63, 3.8) is 0 Å². The normalized spacial score (nSPS) is 18.7. The summed E-state index contributed by atoms with van der Waals surface area (Å²) in [6, 6.07) is 6.29. The lowest BCUT2D eigenvalue weighted by molar-refractivity contribution is 0.504. The summed E-state index contributed by atoms with van der Waals surface area (Å²) >= 11 is 0. The van der Waals surface area contributed by atoms with E-state index in [9.17, 15) is 4.39 Å². The molecule has 0 saturated heterocycles. The van der Waals surface area contributed by atoms with Crippen LogP contribution in [0.2, 0.25) is 0 Å². The van der Waals surface area contributed by atoms with Crippen LogP contribution in [-0.4, -0.2) is 6.54 Å². The number of nitrogens with one attached hydrogen (secondary N) is 1. The highest BCUT2D eigenvalue weighted by Crippen LogP contribution is 2.21. The van der Waals surface area contributed by atoms with E-state index in [1.807, 2.05) is 6.07 Å². The number of allylic oxidation sites excluding steroid dienone is 2. The molecule has 17 heavy (non-hydrogen) atoms. The van der Waals surface area contributed by atoms with Crippen molar-refractivity contribution in [3.8, 4) is 6.07 Å². The van der Waals surface area contributed by atoms with E-state index >= 15 is 0 Å². The van der Waals surface area contributed by atoms with Crippen LogP contribution in [0, 0.1) is 23.1 Å². The van der Waals surface area contributed by atoms with E-state index in [0.717, 1.165) is 25.1 Å². The maximum Gasteiger partial charge on any atom is 0.124 e. The number of nitriles is 1. The fourth-order valence-electron chi connectivity index (χ4n) is 2.06. The number of nitrogens with zero attached hydrogens (tertiary/aromatic N) is 1. The second kappa shape index (κ2) is 5.49. The Kier molecular flexibility index (Phi) is 3.77. The third kappa shape index (κ3) is 3.07. The van der Waals surface area contributed by atoms with E-state index in [4.69, 9.17) is 5.26 Å². The summed E-state index contributed by atoms with van der Waals surface area (Å²) in [5.74, 6) is 0.240. The SMILES string of the molecule is N#Cc1cc(F)ccc1NCC1CC=CCC1. The second-order valence-electron chi connectivity index (χ2n) is 4.33. The maximum atomic E-state index is 12.9. The first kappa shape index (κ1) is 11.7. The lowest BCUT2D eigenvalue weighted by Crippen LogP contribution is -2.15. The summed E-state index contributed by atoms with van der Waals surface area (Å²) in [6.45, 7) is 0.838. The largest absolute Gasteiger partial charge is 0.384 e. The second-order valence-corrected chi connectivity index (χ2v) is 4.33. The van der Waals surface area contributed by atoms with Gasteiger partial charge in [0.2, 0.25) is 0 Å². The number of hydrogen-bond acceptors (Lipinski definition) is 2. The minimum absolute atomic E-state index is 0.368. The number of rotatable bonds is 3. The Morgan fingerprint density at radius 3 is 3.00 bits per heavy atom. The summed E-state index contributed by atoms with van der Waals surface area (Å²) in [5, 5.41) is 12.2. The summed E-state index contributed by atoms with van der Waals surface area (Å²) in [7, 11) is 0. The van der Waals surface area contributed by atoms with Crippen LogP contribution in [0.25, 0.3) is 0 Å². The highest BCUT2D eigenvalue weighted by Gasteiger charge is 2.10. The van der Waals surface area contributed by atoms with Crippen LogP contribution >= 0.6 is 0 Å². The van der Waals surface area contributed by atoms with Crippen molar-refractivity contribution in [1.29, 1.82) is 5.26 Å². The molecule has 0 saturated carbocycles. The van der Waals surface area contributed by atoms with Crippen molar-refractivity contribution < 1.29 is 4.39 Å². The molecular weight excluding hydrogens is 215 g/mol. The Morgan fingerprint density at radius 2 is 2.29 bits per heavy atom. The maximum absolute atomic E-state index is 12.9. The predicted octanol–water partition coefficient (Wildman–Crippen LogP) is 3.47. The van der Waals surface area contributed by atoms with E-state index in [0.29, 0.717) is 11.5 Å². The molecule has 88 valence electrons. The van der Waals surface area contributed by atoms with Gasteiger partial charge in [-0.3, -0.25) is 0 Å². The van der Waals surface area contributed by atoms with E-state index in [2.05, 4.69) is 17.5 Å². The Bertz CT molecular complexity index is 460. The van der Waals surface area contributed by atoms with E-state index in [-0.39, 0.29) is 5.82 Å². The molecule has 1 aromatic carbocycles. The van der Waals surface area contributed by atoms with Crippen molar-refractivity contribution >= 4 is 5.69 Å². The summed E-state index contributed by atoms with van der Waals surface area (Å²) in [5.41, 5.74) is 1.10. The number of benzene rings is 1. The molecule has 0 aromatic heterocycles. The zero-order chi connectivity index (χ0) is 12.1. The van der Waals surface area contributed by atoms with Crippen molar-refractivity contribution in [2.24, 2.45) is 5.92 Å². The highest BCUT2D eigenvalue weighted by molar-refractivity contribution is 5.57. The Balaban J connectivity index is 1.99. The van der Waals surface area contributed by atoms with Crippen LogP contribution in [0.5, 0.6) is 0 Å². The van der Waals surface area contributed by atoms with Gasteiger partial charge in [0.25, 0.3) is 0 Å². The van der Waals surface area contributed by atoms with Gasteiger partial charge in [0, 0.05) is 6.54 Å². The monoisotopic (exact) mass is 230 g/mol. The van der Waals surface area contributed by atoms with E-state index in [1.165, 1.54) is 18.6 Å². The molecule has 2 nitrogen and oxygen atoms in total. The first-order valence-corrected chi connectivity index (χ1v) is 5.88. The van der Waals surface area contributed by atoms with Gasteiger partial charge in [0.15, 0.2) is 0 Å². The molecule has 1 N–H and O–H groups in total. The van der Waals surface area contributed by atoms with Crippen molar-refractivity contribution in [2.75, 3.05) is 11.9 Å². The van der Waals surface area contributed by atoms with Gasteiger partial charge in [0.1, 0.15) is 11.9 Å². The molecular formula is C14H15FN2. The standard InChI is InChI=1S/C14H15FN2/c15-13-6-7-14(12(8-13)9-16)17-10-11-4-2-1-3-5-11/h1-2,6-8,11,17H,3-5,10H2. The van der Waals surface area contributed by atoms with Gasteiger partial charge in [-0.2, -0.15) is 5.26 Å². The number of hydrogen-bond donors (Lipinski definition) is 1. The summed E-state index contributed by atoms with van der Waals surface area (Å²) in [4.78, 5) is 0. The fraction of sp³-hybridized carbons (Fsp3) is 0.357. The lowest BCUT2D eigenvalue weighted by Gasteiger charge is -2.19. The topological polar surface area (TPSA) is 35.8 Å². The predicted molar refractivity (Wildman–Crippen MR) is 66.1 cm³/mol. The molecule has 0 amide bonds. The molecule has 0 spiro atoms. The van der Waals surface area contributed by atoms with Gasteiger partial charge in [-0.1, -0.05) is 12.2 Å². The molecule has 0 aliphatic heterocycles. The molecule has 0 bridgehead atoms. The van der Waals surface area contributed by atoms with Gasteiger partial charge in [-0.05, 0) is 43.4 Å². The molecule has 1 aromatic rings. The van der Waals surface area contributed by atoms with Crippen LogP contribution in [0.4, 0.5) is 10.1 Å². The van der Waals surface area contributed by atoms with Crippen molar-refractivity contribution in [3.05, 3.63) is 41.7 Å². The number of anilines is 1. The van der Waals surface area contributed by atoms with Gasteiger partial charge < -0.3 is 5.32 Å². The average molecular weight is 230 g/mol. The highest BCUT2D eigenvalue weighted by atomic mass is 19.1. The molecule has 1 atom stereocenters. The van der Waals surface area contributed by atoms with E-state index < -0.39 is 0 Å². The first-order chi connectivity index (χ1) is 8.29. The molecule has 3 heteroatoms. The average Bonchev–Trinajstić information content (AvgIpc) is 2.38. The van der Waals surface area contributed by atoms with Gasteiger partial charge in [-0.15, -0.1) is 0 Å². The Morgan fingerprint density at radius 1 is 1.41 bits per heavy atom. The first-order valence-electron chi connectivity index (χ1n) is 5.88. The fourth-order valence-corrected chi connectivity index (χ4v) is 2.06. The lowest BCUT2D eigenvalue weighted by atomic mass is 9.94. The summed E-state index contributed by atoms with van der Waals surface area (Å²) in [6.07, 6.45) is 7.78. The molecule has 1 unspecified atom stereocenters. The van der Waals surface area contributed by atoms with Crippen LogP contribution in [-0.2, 0) is 0 Å². The van der Waals surface area contributed by atoms with Crippen molar-refractivity contribution in [2.45, 2.75) is 19.3 Å². The van der Waals surface area contributed by atoms with Crippen LogP contribution in [0.1, 0.15) is 24.8 Å². The van der Waals surface area contributed by atoms with Crippen molar-refractivity contribution in [1.82, 2.24) is 0 Å². The minimum Gasteiger partial charge on any atom is -0.384 e. The zero-order valence-electron chi connectivity index (χ0n) is 9.62. The molecule has 2 rings (SSSR count). The van der Waals surface area contributed by atoms with Gasteiger partial charge in [-0.25, -0.2) is 4.39 Å². The van der Waals surface area contributed by atoms with Crippen LogP contribution in [0.3, 0.4) is 0 Å². The van der Waals surface area contributed by atoms with E-state index in [1.54, 1.807) is 6.07 Å². The smallest absolute Gasteiger partial charge is 0.124 e. The molecule has 1 aliphatic rings. The van der Waals surface area contributed by atoms with Gasteiger partial charge >= 0.3 is 0 Å². The zero-order valence-corrected chi connectivity index (χ0v) is 9.62. The summed E-state index contributed by atoms with van der Waals surface area (Å²) < 4.78 is 12.9. The third-order valence-corrected chi connectivity index (χ3v) is 3.06. The van der Waals surface area contributed by atoms with Crippen LogP contribution in [0.15, 0.2) is 30.4 Å².